The molecule has 0 spiro atoms. The van der Waals surface area contributed by atoms with Crippen LogP contribution in [0.4, 0.5) is 5.69 Å². The van der Waals surface area contributed by atoms with Crippen LogP contribution in [-0.4, -0.2) is 10.9 Å². The molecule has 0 aliphatic heterocycles. The summed E-state index contributed by atoms with van der Waals surface area (Å²) in [5.74, 6) is -0.0389. The highest BCUT2D eigenvalue weighted by molar-refractivity contribution is 7.80. The van der Waals surface area contributed by atoms with E-state index in [1.807, 2.05) is 13.8 Å². The SMILES string of the molecule is CCC(CC)C(=O)Nc1cc(Cl)ccc1C(N)=S. The van der Waals surface area contributed by atoms with Crippen molar-refractivity contribution < 1.29 is 4.79 Å². The number of nitrogens with one attached hydrogen (secondary N) is 1. The van der Waals surface area contributed by atoms with E-state index in [-0.39, 0.29) is 16.8 Å². The van der Waals surface area contributed by atoms with Crippen molar-refractivity contribution >= 4 is 40.4 Å². The summed E-state index contributed by atoms with van der Waals surface area (Å²) < 4.78 is 0. The van der Waals surface area contributed by atoms with Gasteiger partial charge in [0.05, 0.1) is 5.69 Å². The molecular formula is C13H17ClN2OS. The number of amides is 1. The molecule has 0 saturated heterocycles. The molecule has 18 heavy (non-hydrogen) atoms. The Balaban J connectivity index is 2.99. The minimum Gasteiger partial charge on any atom is -0.389 e. The molecule has 0 saturated carbocycles. The fourth-order valence-corrected chi connectivity index (χ4v) is 2.08. The average molecular weight is 285 g/mol. The zero-order valence-electron chi connectivity index (χ0n) is 10.5. The summed E-state index contributed by atoms with van der Waals surface area (Å²) in [4.78, 5) is 12.3. The summed E-state index contributed by atoms with van der Waals surface area (Å²) in [5, 5.41) is 3.38. The number of rotatable bonds is 5. The lowest BCUT2D eigenvalue weighted by Crippen LogP contribution is -2.23. The molecule has 5 heteroatoms. The van der Waals surface area contributed by atoms with Crippen molar-refractivity contribution in [2.24, 2.45) is 11.7 Å². The molecule has 1 rings (SSSR count). The molecule has 0 bridgehead atoms. The Morgan fingerprint density at radius 1 is 1.44 bits per heavy atom. The van der Waals surface area contributed by atoms with Crippen LogP contribution in [0.15, 0.2) is 18.2 Å². The minimum absolute atomic E-state index is 0.0109. The summed E-state index contributed by atoms with van der Waals surface area (Å²) in [7, 11) is 0. The van der Waals surface area contributed by atoms with E-state index in [2.05, 4.69) is 5.32 Å². The van der Waals surface area contributed by atoms with E-state index < -0.39 is 0 Å². The zero-order valence-corrected chi connectivity index (χ0v) is 12.1. The third kappa shape index (κ3) is 3.68. The number of carbonyl (C=O) groups excluding carboxylic acids is 1. The predicted molar refractivity (Wildman–Crippen MR) is 80.0 cm³/mol. The van der Waals surface area contributed by atoms with Gasteiger partial charge in [0.1, 0.15) is 4.99 Å². The lowest BCUT2D eigenvalue weighted by molar-refractivity contribution is -0.120. The molecule has 0 aliphatic rings. The monoisotopic (exact) mass is 284 g/mol. The van der Waals surface area contributed by atoms with Crippen molar-refractivity contribution in [3.8, 4) is 0 Å². The van der Waals surface area contributed by atoms with Crippen LogP contribution >= 0.6 is 23.8 Å². The van der Waals surface area contributed by atoms with Crippen molar-refractivity contribution in [2.75, 3.05) is 5.32 Å². The third-order valence-electron chi connectivity index (χ3n) is 2.86. The van der Waals surface area contributed by atoms with Crippen molar-refractivity contribution in [1.82, 2.24) is 0 Å². The first kappa shape index (κ1) is 14.9. The molecule has 98 valence electrons. The lowest BCUT2D eigenvalue weighted by atomic mass is 10.0. The summed E-state index contributed by atoms with van der Waals surface area (Å²) in [6, 6.07) is 5.08. The first-order valence-corrected chi connectivity index (χ1v) is 6.68. The number of halogens is 1. The van der Waals surface area contributed by atoms with Crippen LogP contribution in [-0.2, 0) is 4.79 Å². The lowest BCUT2D eigenvalue weighted by Gasteiger charge is -2.15. The Labute approximate surface area is 118 Å². The van der Waals surface area contributed by atoms with Crippen LogP contribution in [0, 0.1) is 5.92 Å². The molecule has 0 aliphatic carbocycles. The van der Waals surface area contributed by atoms with E-state index in [0.717, 1.165) is 12.8 Å². The normalized spacial score (nSPS) is 10.4. The highest BCUT2D eigenvalue weighted by Gasteiger charge is 2.16. The zero-order chi connectivity index (χ0) is 13.7. The molecule has 0 aromatic heterocycles. The van der Waals surface area contributed by atoms with E-state index in [0.29, 0.717) is 16.3 Å². The van der Waals surface area contributed by atoms with E-state index >= 15 is 0 Å². The maximum atomic E-state index is 12.0. The molecule has 1 amide bonds. The maximum Gasteiger partial charge on any atom is 0.227 e. The number of hydrogen-bond donors (Lipinski definition) is 2. The van der Waals surface area contributed by atoms with Gasteiger partial charge in [-0.15, -0.1) is 0 Å². The Morgan fingerprint density at radius 3 is 2.56 bits per heavy atom. The van der Waals surface area contributed by atoms with Gasteiger partial charge in [0.2, 0.25) is 5.91 Å². The van der Waals surface area contributed by atoms with Crippen LogP contribution in [0.2, 0.25) is 5.02 Å². The molecule has 3 nitrogen and oxygen atoms in total. The maximum absolute atomic E-state index is 12.0. The largest absolute Gasteiger partial charge is 0.389 e. The molecule has 0 atom stereocenters. The van der Waals surface area contributed by atoms with Gasteiger partial charge in [0.25, 0.3) is 0 Å². The molecule has 1 aromatic rings. The van der Waals surface area contributed by atoms with Gasteiger partial charge >= 0.3 is 0 Å². The molecule has 0 fully saturated rings. The van der Waals surface area contributed by atoms with Crippen molar-refractivity contribution in [2.45, 2.75) is 26.7 Å². The van der Waals surface area contributed by atoms with Gasteiger partial charge in [-0.3, -0.25) is 4.79 Å². The first-order valence-electron chi connectivity index (χ1n) is 5.89. The first-order chi connectivity index (χ1) is 8.49. The van der Waals surface area contributed by atoms with Gasteiger partial charge in [-0.05, 0) is 31.0 Å². The van der Waals surface area contributed by atoms with Gasteiger partial charge in [-0.25, -0.2) is 0 Å². The number of anilines is 1. The summed E-state index contributed by atoms with van der Waals surface area (Å²) in [6.07, 6.45) is 1.59. The fraction of sp³-hybridized carbons (Fsp3) is 0.385. The summed E-state index contributed by atoms with van der Waals surface area (Å²) >= 11 is 10.9. The Bertz CT molecular complexity index is 458. The number of carbonyl (C=O) groups is 1. The summed E-state index contributed by atoms with van der Waals surface area (Å²) in [5.41, 5.74) is 6.83. The van der Waals surface area contributed by atoms with Crippen LogP contribution in [0.3, 0.4) is 0 Å². The minimum atomic E-state index is -0.0280. The number of nitrogens with two attached hydrogens (primary N) is 1. The number of thiocarbonyl (C=S) groups is 1. The van der Waals surface area contributed by atoms with Crippen LogP contribution in [0.5, 0.6) is 0 Å². The Morgan fingerprint density at radius 2 is 2.06 bits per heavy atom. The highest BCUT2D eigenvalue weighted by Crippen LogP contribution is 2.22. The van der Waals surface area contributed by atoms with Gasteiger partial charge in [0, 0.05) is 16.5 Å². The quantitative estimate of drug-likeness (QED) is 0.815. The third-order valence-corrected chi connectivity index (χ3v) is 3.32. The second kappa shape index (κ2) is 6.71. The topological polar surface area (TPSA) is 55.1 Å². The van der Waals surface area contributed by atoms with Crippen LogP contribution in [0.25, 0.3) is 0 Å². The van der Waals surface area contributed by atoms with Gasteiger partial charge < -0.3 is 11.1 Å². The van der Waals surface area contributed by atoms with Crippen molar-refractivity contribution in [3.63, 3.8) is 0 Å². The fourth-order valence-electron chi connectivity index (χ4n) is 1.73. The molecule has 0 heterocycles. The Hall–Kier alpha value is -1.13. The van der Waals surface area contributed by atoms with Gasteiger partial charge in [-0.2, -0.15) is 0 Å². The van der Waals surface area contributed by atoms with E-state index in [1.165, 1.54) is 0 Å². The molecule has 0 radical (unpaired) electrons. The predicted octanol–water partition coefficient (Wildman–Crippen LogP) is 3.35. The molecule has 0 unspecified atom stereocenters. The standard InChI is InChI=1S/C13H17ClN2OS/c1-3-8(4-2)13(17)16-11-7-9(14)5-6-10(11)12(15)18/h5-8H,3-4H2,1-2H3,(H2,15,18)(H,16,17). The second-order valence-electron chi connectivity index (χ2n) is 4.06. The Kier molecular flexibility index (Phi) is 5.56. The average Bonchev–Trinajstić information content (AvgIpc) is 2.30. The number of benzene rings is 1. The van der Waals surface area contributed by atoms with Crippen LogP contribution < -0.4 is 11.1 Å². The van der Waals surface area contributed by atoms with Crippen LogP contribution in [0.1, 0.15) is 32.3 Å². The van der Waals surface area contributed by atoms with Gasteiger partial charge in [0.15, 0.2) is 0 Å². The van der Waals surface area contributed by atoms with Gasteiger partial charge in [-0.1, -0.05) is 37.7 Å². The second-order valence-corrected chi connectivity index (χ2v) is 4.93. The van der Waals surface area contributed by atoms with Crippen molar-refractivity contribution in [3.05, 3.63) is 28.8 Å². The van der Waals surface area contributed by atoms with E-state index in [9.17, 15) is 4.79 Å². The van der Waals surface area contributed by atoms with Crippen molar-refractivity contribution in [1.29, 1.82) is 0 Å². The number of hydrogen-bond acceptors (Lipinski definition) is 2. The smallest absolute Gasteiger partial charge is 0.227 e. The van der Waals surface area contributed by atoms with E-state index in [4.69, 9.17) is 29.6 Å². The van der Waals surface area contributed by atoms with E-state index in [1.54, 1.807) is 18.2 Å². The molecular weight excluding hydrogens is 268 g/mol. The molecule has 3 N–H and O–H groups in total. The summed E-state index contributed by atoms with van der Waals surface area (Å²) in [6.45, 7) is 3.97. The molecule has 1 aromatic carbocycles. The highest BCUT2D eigenvalue weighted by atomic mass is 35.5.